The summed E-state index contributed by atoms with van der Waals surface area (Å²) in [5.41, 5.74) is 0. The second-order valence-corrected chi connectivity index (χ2v) is 11.4. The predicted octanol–water partition coefficient (Wildman–Crippen LogP) is -0.459. The molecule has 0 spiro atoms. The van der Waals surface area contributed by atoms with Gasteiger partial charge in [-0.25, -0.2) is 0 Å². The van der Waals surface area contributed by atoms with Crippen molar-refractivity contribution in [2.75, 3.05) is 11.5 Å². The zero-order chi connectivity index (χ0) is 24.0. The molecule has 180 valence electrons. The van der Waals surface area contributed by atoms with E-state index in [0.717, 1.165) is 0 Å². The Morgan fingerprint density at radius 2 is 1.25 bits per heavy atom. The minimum atomic E-state index is -0.911. The summed E-state index contributed by atoms with van der Waals surface area (Å²) in [6, 6.07) is -4.38. The van der Waals surface area contributed by atoms with E-state index in [1.807, 2.05) is 13.8 Å². The van der Waals surface area contributed by atoms with Crippen molar-refractivity contribution in [3.05, 3.63) is 0 Å². The molecule has 0 aliphatic carbocycles. The van der Waals surface area contributed by atoms with Crippen LogP contribution in [0.25, 0.3) is 0 Å². The summed E-state index contributed by atoms with van der Waals surface area (Å²) < 4.78 is 0. The van der Waals surface area contributed by atoms with Crippen LogP contribution in [0.1, 0.15) is 41.0 Å². The van der Waals surface area contributed by atoms with Crippen molar-refractivity contribution in [3.8, 4) is 0 Å². The number of nitrogens with one attached hydrogen (secondary N) is 5. The Balaban J connectivity index is 2.39. The lowest BCUT2D eigenvalue weighted by Crippen LogP contribution is -2.60. The molecule has 0 aromatic carbocycles. The quantitative estimate of drug-likeness (QED) is 0.339. The lowest BCUT2D eigenvalue weighted by Gasteiger charge is -2.28. The van der Waals surface area contributed by atoms with Gasteiger partial charge in [0, 0.05) is 11.5 Å². The zero-order valence-corrected chi connectivity index (χ0v) is 20.7. The average molecular weight is 488 g/mol. The molecule has 0 aromatic rings. The fourth-order valence-corrected chi connectivity index (χ4v) is 5.63. The van der Waals surface area contributed by atoms with Gasteiger partial charge in [0.25, 0.3) is 0 Å². The van der Waals surface area contributed by atoms with Crippen molar-refractivity contribution < 1.29 is 24.0 Å². The summed E-state index contributed by atoms with van der Waals surface area (Å²) in [6.07, 6.45) is 0.364. The maximum atomic E-state index is 13.0. The van der Waals surface area contributed by atoms with Gasteiger partial charge in [-0.2, -0.15) is 0 Å². The van der Waals surface area contributed by atoms with Crippen molar-refractivity contribution in [2.45, 2.75) is 71.2 Å². The first-order chi connectivity index (χ1) is 15.0. The SMILES string of the molecule is CC(C)C[C@H]1NC(=O)[C@H](C(C)C)NC(=O)[C@H]2CSSC[C@@H](NC(=O)[C@H](C)NC1=O)C(=O)N2. The number of fused-ring (bicyclic) bond motifs is 3. The molecule has 5 amide bonds. The number of hydrogen-bond donors (Lipinski definition) is 5. The second kappa shape index (κ2) is 11.8. The van der Waals surface area contributed by atoms with E-state index in [9.17, 15) is 24.0 Å². The van der Waals surface area contributed by atoms with Gasteiger partial charge in [-0.1, -0.05) is 49.3 Å². The first-order valence-corrected chi connectivity index (χ1v) is 13.2. The monoisotopic (exact) mass is 487 g/mol. The molecule has 2 rings (SSSR count). The number of rotatable bonds is 3. The molecule has 2 saturated heterocycles. The first-order valence-electron chi connectivity index (χ1n) is 10.8. The highest BCUT2D eigenvalue weighted by Crippen LogP contribution is 2.25. The Kier molecular flexibility index (Phi) is 9.68. The number of amides is 5. The lowest BCUT2D eigenvalue weighted by molar-refractivity contribution is -0.134. The summed E-state index contributed by atoms with van der Waals surface area (Å²) in [7, 11) is 2.78. The summed E-state index contributed by atoms with van der Waals surface area (Å²) in [5, 5.41) is 13.4. The van der Waals surface area contributed by atoms with E-state index in [1.165, 1.54) is 28.5 Å². The van der Waals surface area contributed by atoms with Gasteiger partial charge in [-0.05, 0) is 25.2 Å². The van der Waals surface area contributed by atoms with Crippen LogP contribution in [0.15, 0.2) is 0 Å². The van der Waals surface area contributed by atoms with Crippen molar-refractivity contribution in [3.63, 3.8) is 0 Å². The largest absolute Gasteiger partial charge is 0.343 e. The van der Waals surface area contributed by atoms with E-state index in [1.54, 1.807) is 13.8 Å². The van der Waals surface area contributed by atoms with Gasteiger partial charge in [-0.3, -0.25) is 24.0 Å². The molecule has 0 saturated carbocycles. The fourth-order valence-electron chi connectivity index (χ4n) is 3.30. The molecule has 2 aliphatic rings. The molecule has 12 heteroatoms. The highest BCUT2D eigenvalue weighted by Gasteiger charge is 2.35. The van der Waals surface area contributed by atoms with Crippen LogP contribution in [0.2, 0.25) is 0 Å². The van der Waals surface area contributed by atoms with Gasteiger partial charge in [0.1, 0.15) is 30.2 Å². The highest BCUT2D eigenvalue weighted by molar-refractivity contribution is 8.76. The van der Waals surface area contributed by atoms with Gasteiger partial charge < -0.3 is 26.6 Å². The molecule has 0 radical (unpaired) electrons. The summed E-state index contributed by atoms with van der Waals surface area (Å²) in [4.78, 5) is 64.2. The maximum Gasteiger partial charge on any atom is 0.244 e. The third kappa shape index (κ3) is 7.29. The topological polar surface area (TPSA) is 146 Å². The Labute approximate surface area is 196 Å². The minimum absolute atomic E-state index is 0.100. The van der Waals surface area contributed by atoms with Crippen molar-refractivity contribution in [1.29, 1.82) is 0 Å². The third-order valence-corrected chi connectivity index (χ3v) is 7.58. The van der Waals surface area contributed by atoms with Crippen LogP contribution in [-0.2, 0) is 24.0 Å². The smallest absolute Gasteiger partial charge is 0.244 e. The third-order valence-electron chi connectivity index (χ3n) is 5.16. The first kappa shape index (κ1) is 26.3. The molecular weight excluding hydrogens is 454 g/mol. The molecule has 32 heavy (non-hydrogen) atoms. The van der Waals surface area contributed by atoms with Gasteiger partial charge >= 0.3 is 0 Å². The summed E-state index contributed by atoms with van der Waals surface area (Å²) in [5.74, 6) is -1.98. The van der Waals surface area contributed by atoms with Gasteiger partial charge in [0.15, 0.2) is 0 Å². The van der Waals surface area contributed by atoms with Gasteiger partial charge in [0.05, 0.1) is 0 Å². The van der Waals surface area contributed by atoms with Crippen molar-refractivity contribution in [1.82, 2.24) is 26.6 Å². The van der Waals surface area contributed by atoms with Crippen LogP contribution in [0, 0.1) is 11.8 Å². The summed E-state index contributed by atoms with van der Waals surface area (Å²) in [6.45, 7) is 8.94. The van der Waals surface area contributed by atoms with Crippen LogP contribution < -0.4 is 26.6 Å². The van der Waals surface area contributed by atoms with Crippen LogP contribution >= 0.6 is 21.6 Å². The molecule has 0 unspecified atom stereocenters. The highest BCUT2D eigenvalue weighted by atomic mass is 33.1. The molecule has 5 atom stereocenters. The van der Waals surface area contributed by atoms with E-state index < -0.39 is 59.7 Å². The number of carbonyl (C=O) groups is 5. The molecule has 10 nitrogen and oxygen atoms in total. The van der Waals surface area contributed by atoms with Crippen molar-refractivity contribution in [2.24, 2.45) is 11.8 Å². The van der Waals surface area contributed by atoms with Crippen molar-refractivity contribution >= 4 is 51.1 Å². The van der Waals surface area contributed by atoms with E-state index in [-0.39, 0.29) is 11.8 Å². The molecule has 2 aliphatic heterocycles. The van der Waals surface area contributed by atoms with Crippen LogP contribution in [0.5, 0.6) is 0 Å². The Bertz CT molecular complexity index is 748. The van der Waals surface area contributed by atoms with Crippen LogP contribution in [0.3, 0.4) is 0 Å². The fraction of sp³-hybridized carbons (Fsp3) is 0.750. The van der Waals surface area contributed by atoms with Gasteiger partial charge in [0.2, 0.25) is 29.5 Å². The Morgan fingerprint density at radius 3 is 1.78 bits per heavy atom. The van der Waals surface area contributed by atoms with E-state index in [0.29, 0.717) is 17.9 Å². The van der Waals surface area contributed by atoms with Gasteiger partial charge in [-0.15, -0.1) is 0 Å². The van der Waals surface area contributed by atoms with E-state index in [2.05, 4.69) is 26.6 Å². The molecule has 2 bridgehead atoms. The molecule has 0 aromatic heterocycles. The number of hydrogen-bond acceptors (Lipinski definition) is 7. The second-order valence-electron chi connectivity index (χ2n) is 8.84. The van der Waals surface area contributed by atoms with E-state index >= 15 is 0 Å². The summed E-state index contributed by atoms with van der Waals surface area (Å²) >= 11 is 0. The lowest BCUT2D eigenvalue weighted by atomic mass is 9.99. The predicted molar refractivity (Wildman–Crippen MR) is 125 cm³/mol. The normalized spacial score (nSPS) is 30.8. The maximum absolute atomic E-state index is 13.0. The Hall–Kier alpha value is -1.95. The average Bonchev–Trinajstić information content (AvgIpc) is 2.69. The minimum Gasteiger partial charge on any atom is -0.343 e. The molecule has 2 heterocycles. The standard InChI is InChI=1S/C20H33N5O5S2/c1-9(2)6-12-17(27)21-11(5)16(26)23-13-7-31-32-8-14(24-18(13)28)19(29)25-15(10(3)4)20(30)22-12/h9-15H,6-8H2,1-5H3,(H,21,27)(H,22,30)(H,23,26)(H,24,28)(H,25,29)/t11-,12+,13+,14+,15-/m0/s1. The van der Waals surface area contributed by atoms with E-state index in [4.69, 9.17) is 0 Å². The van der Waals surface area contributed by atoms with Crippen LogP contribution in [-0.4, -0.2) is 71.3 Å². The molecular formula is C20H33N5O5S2. The van der Waals surface area contributed by atoms with Crippen LogP contribution in [0.4, 0.5) is 0 Å². The number of carbonyl (C=O) groups excluding carboxylic acids is 5. The molecule has 2 fully saturated rings. The zero-order valence-electron chi connectivity index (χ0n) is 19.0. The Morgan fingerprint density at radius 1 is 0.719 bits per heavy atom. The molecule has 5 N–H and O–H groups in total.